The molecule has 0 aliphatic rings. The molecule has 0 radical (unpaired) electrons. The number of benzene rings is 1. The van der Waals surface area contributed by atoms with Crippen molar-refractivity contribution in [2.45, 2.75) is 40.5 Å². The summed E-state index contributed by atoms with van der Waals surface area (Å²) < 4.78 is 1.90. The molecule has 2 aromatic heterocycles. The molecule has 1 aromatic carbocycles. The van der Waals surface area contributed by atoms with Crippen molar-refractivity contribution >= 4 is 17.2 Å². The number of imidazole rings is 1. The molecule has 0 aliphatic heterocycles. The molecule has 0 saturated heterocycles. The van der Waals surface area contributed by atoms with Gasteiger partial charge in [0.15, 0.2) is 0 Å². The van der Waals surface area contributed by atoms with E-state index >= 15 is 0 Å². The standard InChI is InChI=1S/C20H23N3O/c1-5-7-17-18(23-9-6-8-15(4)19(23)22-17)20(24)21-16-11-13(2)10-14(3)12-16/h6,8-12H,5,7H2,1-4H3,(H,21,24). The highest BCUT2D eigenvalue weighted by Gasteiger charge is 2.19. The van der Waals surface area contributed by atoms with Gasteiger partial charge in [0.1, 0.15) is 11.3 Å². The van der Waals surface area contributed by atoms with Crippen LogP contribution in [0.3, 0.4) is 0 Å². The summed E-state index contributed by atoms with van der Waals surface area (Å²) >= 11 is 0. The molecule has 124 valence electrons. The van der Waals surface area contributed by atoms with E-state index in [1.54, 1.807) is 0 Å². The lowest BCUT2D eigenvalue weighted by molar-refractivity contribution is 0.102. The number of carbonyl (C=O) groups excluding carboxylic acids is 1. The number of aromatic nitrogens is 2. The van der Waals surface area contributed by atoms with Crippen molar-refractivity contribution in [3.63, 3.8) is 0 Å². The molecule has 4 heteroatoms. The van der Waals surface area contributed by atoms with Crippen LogP contribution in [-0.2, 0) is 6.42 Å². The smallest absolute Gasteiger partial charge is 0.274 e. The fourth-order valence-corrected chi connectivity index (χ4v) is 3.14. The third-order valence-electron chi connectivity index (χ3n) is 4.10. The molecule has 24 heavy (non-hydrogen) atoms. The molecule has 2 heterocycles. The number of nitrogens with one attached hydrogen (secondary N) is 1. The summed E-state index contributed by atoms with van der Waals surface area (Å²) in [6.45, 7) is 8.18. The van der Waals surface area contributed by atoms with Crippen molar-refractivity contribution in [1.29, 1.82) is 0 Å². The number of anilines is 1. The number of amides is 1. The van der Waals surface area contributed by atoms with Crippen molar-refractivity contribution in [3.8, 4) is 0 Å². The third kappa shape index (κ3) is 3.04. The van der Waals surface area contributed by atoms with Crippen molar-refractivity contribution in [2.75, 3.05) is 5.32 Å². The van der Waals surface area contributed by atoms with Crippen LogP contribution in [0.5, 0.6) is 0 Å². The topological polar surface area (TPSA) is 46.4 Å². The quantitative estimate of drug-likeness (QED) is 0.771. The second-order valence-electron chi connectivity index (χ2n) is 6.37. The van der Waals surface area contributed by atoms with E-state index in [2.05, 4.69) is 18.3 Å². The van der Waals surface area contributed by atoms with E-state index in [0.717, 1.165) is 46.6 Å². The summed E-state index contributed by atoms with van der Waals surface area (Å²) in [6.07, 6.45) is 3.65. The second-order valence-corrected chi connectivity index (χ2v) is 6.37. The molecular formula is C20H23N3O. The molecule has 4 nitrogen and oxygen atoms in total. The molecule has 0 atom stereocenters. The Balaban J connectivity index is 2.05. The molecule has 0 spiro atoms. The summed E-state index contributed by atoms with van der Waals surface area (Å²) in [7, 11) is 0. The van der Waals surface area contributed by atoms with Gasteiger partial charge >= 0.3 is 0 Å². The van der Waals surface area contributed by atoms with Crippen molar-refractivity contribution in [3.05, 3.63) is 64.6 Å². The molecule has 1 amide bonds. The van der Waals surface area contributed by atoms with Crippen LogP contribution in [0.4, 0.5) is 5.69 Å². The lowest BCUT2D eigenvalue weighted by atomic mass is 10.1. The number of hydrogen-bond acceptors (Lipinski definition) is 2. The predicted octanol–water partition coefficient (Wildman–Crippen LogP) is 4.46. The minimum atomic E-state index is -0.110. The maximum absolute atomic E-state index is 12.9. The van der Waals surface area contributed by atoms with Crippen LogP contribution in [0, 0.1) is 20.8 Å². The van der Waals surface area contributed by atoms with Crippen LogP contribution >= 0.6 is 0 Å². The number of fused-ring (bicyclic) bond motifs is 1. The number of hydrogen-bond donors (Lipinski definition) is 1. The molecule has 0 fully saturated rings. The zero-order chi connectivity index (χ0) is 17.3. The van der Waals surface area contributed by atoms with E-state index in [1.165, 1.54) is 0 Å². The summed E-state index contributed by atoms with van der Waals surface area (Å²) in [5.41, 5.74) is 6.50. The van der Waals surface area contributed by atoms with Crippen molar-refractivity contribution < 1.29 is 4.79 Å². The van der Waals surface area contributed by atoms with Gasteiger partial charge in [-0.3, -0.25) is 9.20 Å². The largest absolute Gasteiger partial charge is 0.321 e. The van der Waals surface area contributed by atoms with Crippen LogP contribution in [-0.4, -0.2) is 15.3 Å². The molecule has 0 bridgehead atoms. The van der Waals surface area contributed by atoms with Crippen LogP contribution < -0.4 is 5.32 Å². The molecule has 3 rings (SSSR count). The first-order valence-electron chi connectivity index (χ1n) is 8.35. The Labute approximate surface area is 142 Å². The molecular weight excluding hydrogens is 298 g/mol. The monoisotopic (exact) mass is 321 g/mol. The molecule has 0 unspecified atom stereocenters. The first kappa shape index (κ1) is 16.2. The lowest BCUT2D eigenvalue weighted by Crippen LogP contribution is -2.16. The molecule has 1 N–H and O–H groups in total. The Kier molecular flexibility index (Phi) is 4.38. The van der Waals surface area contributed by atoms with Gasteiger partial charge in [-0.2, -0.15) is 0 Å². The first-order chi connectivity index (χ1) is 11.5. The van der Waals surface area contributed by atoms with E-state index in [1.807, 2.05) is 55.6 Å². The van der Waals surface area contributed by atoms with Gasteiger partial charge in [-0.1, -0.05) is 25.5 Å². The van der Waals surface area contributed by atoms with Gasteiger partial charge in [0, 0.05) is 11.9 Å². The van der Waals surface area contributed by atoms with Gasteiger partial charge < -0.3 is 5.32 Å². The highest BCUT2D eigenvalue weighted by Crippen LogP contribution is 2.20. The van der Waals surface area contributed by atoms with Crippen molar-refractivity contribution in [1.82, 2.24) is 9.38 Å². The zero-order valence-electron chi connectivity index (χ0n) is 14.7. The number of pyridine rings is 1. The average Bonchev–Trinajstić information content (AvgIpc) is 2.86. The number of carbonyl (C=O) groups is 1. The Morgan fingerprint density at radius 2 is 1.88 bits per heavy atom. The SMILES string of the molecule is CCCc1nc2c(C)cccn2c1C(=O)Nc1cc(C)cc(C)c1. The van der Waals surface area contributed by atoms with Gasteiger partial charge in [0.05, 0.1) is 5.69 Å². The van der Waals surface area contributed by atoms with Crippen LogP contribution in [0.15, 0.2) is 36.5 Å². The second kappa shape index (κ2) is 6.48. The molecule has 3 aromatic rings. The van der Waals surface area contributed by atoms with Gasteiger partial charge in [-0.25, -0.2) is 4.98 Å². The fourth-order valence-electron chi connectivity index (χ4n) is 3.14. The molecule has 0 saturated carbocycles. The minimum Gasteiger partial charge on any atom is -0.321 e. The van der Waals surface area contributed by atoms with Gasteiger partial charge in [0.25, 0.3) is 5.91 Å². The molecule has 0 aliphatic carbocycles. The van der Waals surface area contributed by atoms with E-state index in [-0.39, 0.29) is 5.91 Å². The minimum absolute atomic E-state index is 0.110. The number of rotatable bonds is 4. The summed E-state index contributed by atoms with van der Waals surface area (Å²) in [4.78, 5) is 17.6. The Bertz CT molecular complexity index is 888. The van der Waals surface area contributed by atoms with E-state index in [9.17, 15) is 4.79 Å². The maximum atomic E-state index is 12.9. The lowest BCUT2D eigenvalue weighted by Gasteiger charge is -2.09. The highest BCUT2D eigenvalue weighted by molar-refractivity contribution is 6.04. The summed E-state index contributed by atoms with van der Waals surface area (Å²) in [5.74, 6) is -0.110. The van der Waals surface area contributed by atoms with Gasteiger partial charge in [-0.15, -0.1) is 0 Å². The number of nitrogens with zero attached hydrogens (tertiary/aromatic N) is 2. The Morgan fingerprint density at radius 3 is 2.54 bits per heavy atom. The fraction of sp³-hybridized carbons (Fsp3) is 0.300. The third-order valence-corrected chi connectivity index (χ3v) is 4.10. The average molecular weight is 321 g/mol. The Hall–Kier alpha value is -2.62. The summed E-state index contributed by atoms with van der Waals surface area (Å²) in [5, 5.41) is 3.04. The predicted molar refractivity (Wildman–Crippen MR) is 97.8 cm³/mol. The van der Waals surface area contributed by atoms with Gasteiger partial charge in [-0.05, 0) is 62.1 Å². The maximum Gasteiger partial charge on any atom is 0.274 e. The van der Waals surface area contributed by atoms with E-state index < -0.39 is 0 Å². The highest BCUT2D eigenvalue weighted by atomic mass is 16.2. The van der Waals surface area contributed by atoms with Crippen LogP contribution in [0.1, 0.15) is 46.2 Å². The summed E-state index contributed by atoms with van der Waals surface area (Å²) in [6, 6.07) is 10.0. The Morgan fingerprint density at radius 1 is 1.17 bits per heavy atom. The van der Waals surface area contributed by atoms with E-state index in [4.69, 9.17) is 4.98 Å². The van der Waals surface area contributed by atoms with Gasteiger partial charge in [0.2, 0.25) is 0 Å². The van der Waals surface area contributed by atoms with Crippen LogP contribution in [0.2, 0.25) is 0 Å². The zero-order valence-corrected chi connectivity index (χ0v) is 14.7. The number of aryl methyl sites for hydroxylation is 4. The normalized spacial score (nSPS) is 11.0. The van der Waals surface area contributed by atoms with Crippen LogP contribution in [0.25, 0.3) is 5.65 Å². The van der Waals surface area contributed by atoms with Crippen molar-refractivity contribution in [2.24, 2.45) is 0 Å². The first-order valence-corrected chi connectivity index (χ1v) is 8.35. The van der Waals surface area contributed by atoms with E-state index in [0.29, 0.717) is 5.69 Å².